The Bertz CT molecular complexity index is 2050. The SMILES string of the molecule is C[C@@H](O)Cn1c(-c2cc(=O)c(O)c[nH]2)nn(S(=O)(=O)N=C([O-])N2C[C@H](NC(=O)/C(=N\OC(C)(C)C(=O)[O-])c3csc(N)n3)C2=O)c1=O.[Na+].[Na+]. The molecule has 0 radical (unpaired) electrons. The number of carboxylic acid groups (broad SMARTS) is 1. The molecular weight excluding hydrogens is 718 g/mol. The summed E-state index contributed by atoms with van der Waals surface area (Å²) in [6.45, 7) is 2.34. The van der Waals surface area contributed by atoms with Gasteiger partial charge in [0.1, 0.15) is 11.7 Å². The Morgan fingerprint density at radius 3 is 2.47 bits per heavy atom. The predicted molar refractivity (Wildman–Crippen MR) is 155 cm³/mol. The van der Waals surface area contributed by atoms with Crippen LogP contribution in [0.4, 0.5) is 5.13 Å². The third kappa shape index (κ3) is 9.14. The number of aliphatic hydroxyl groups is 1. The van der Waals surface area contributed by atoms with E-state index in [9.17, 15) is 52.8 Å². The monoisotopic (exact) mass is 742 g/mol. The van der Waals surface area contributed by atoms with Crippen LogP contribution in [0.3, 0.4) is 0 Å². The molecule has 1 aliphatic heterocycles. The first-order valence-electron chi connectivity index (χ1n) is 13.0. The van der Waals surface area contributed by atoms with Crippen molar-refractivity contribution in [3.05, 3.63) is 44.0 Å². The van der Waals surface area contributed by atoms with Crippen LogP contribution in [0, 0.1) is 0 Å². The van der Waals surface area contributed by atoms with Crippen LogP contribution < -0.4 is 91.5 Å². The van der Waals surface area contributed by atoms with E-state index in [0.29, 0.717) is 9.47 Å². The van der Waals surface area contributed by atoms with Crippen molar-refractivity contribution in [3.8, 4) is 17.3 Å². The number of nitrogens with one attached hydrogen (secondary N) is 2. The molecule has 0 unspecified atom stereocenters. The normalized spacial score (nSPS) is 15.8. The van der Waals surface area contributed by atoms with E-state index in [4.69, 9.17) is 10.6 Å². The van der Waals surface area contributed by atoms with Gasteiger partial charge in [0.25, 0.3) is 11.8 Å². The number of aromatic nitrogens is 5. The van der Waals surface area contributed by atoms with Gasteiger partial charge in [-0.3, -0.25) is 19.0 Å². The number of β-lactam (4-membered cyclic amide) rings is 1. The standard InChI is InChI=1S/C23H26N10O12S2.2Na/c1-9(34)6-31-16(10-4-13(35)14(36)5-25-10)28-33(22(31)42)47(43,44)30-21(41)32-7-11(18(32)38)26-17(37)15(12-8-46-20(24)27-12)29-45-23(2,3)19(39)40;;/h4-5,8-9,11,34,36H,6-7H2,1-3H3,(H2,24,27)(H,25,35)(H,26,37)(H,30,41)(H,39,40);;/q;2*+1/p-2/b29-15-;;/t9-,11+;;/m1../s1. The third-order valence-electron chi connectivity index (χ3n) is 6.13. The molecule has 0 aliphatic carbocycles. The van der Waals surface area contributed by atoms with Crippen molar-refractivity contribution in [3.63, 3.8) is 0 Å². The summed E-state index contributed by atoms with van der Waals surface area (Å²) in [4.78, 5) is 73.3. The fourth-order valence-electron chi connectivity index (χ4n) is 3.67. The number of aromatic amines is 1. The Labute approximate surface area is 323 Å². The number of likely N-dealkylation sites (tertiary alicyclic amines) is 1. The quantitative estimate of drug-likeness (QED) is 0.0400. The first-order chi connectivity index (χ1) is 21.8. The molecule has 3 aromatic rings. The molecule has 252 valence electrons. The number of anilines is 1. The van der Waals surface area contributed by atoms with Crippen LogP contribution in [0.25, 0.3) is 11.5 Å². The second-order valence-corrected chi connectivity index (χ2v) is 12.5. The van der Waals surface area contributed by atoms with Crippen molar-refractivity contribution in [1.82, 2.24) is 33.9 Å². The summed E-state index contributed by atoms with van der Waals surface area (Å²) in [5.41, 5.74) is 0.334. The van der Waals surface area contributed by atoms with Crippen LogP contribution in [-0.2, 0) is 36.0 Å². The number of aliphatic hydroxyl groups excluding tert-OH is 1. The van der Waals surface area contributed by atoms with Gasteiger partial charge in [0.05, 0.1) is 36.9 Å². The number of pyridine rings is 1. The van der Waals surface area contributed by atoms with Crippen molar-refractivity contribution in [2.75, 3.05) is 12.3 Å². The predicted octanol–water partition coefficient (Wildman–Crippen LogP) is -11.4. The van der Waals surface area contributed by atoms with Crippen LogP contribution in [-0.4, -0.2) is 101 Å². The maximum atomic E-state index is 13.0. The average molecular weight is 743 g/mol. The molecule has 4 heterocycles. The average Bonchev–Trinajstić information content (AvgIpc) is 3.54. The van der Waals surface area contributed by atoms with E-state index in [1.165, 1.54) is 12.3 Å². The summed E-state index contributed by atoms with van der Waals surface area (Å²) in [6, 6.07) is -2.26. The number of nitrogens with two attached hydrogens (primary N) is 1. The van der Waals surface area contributed by atoms with E-state index in [-0.39, 0.29) is 79.7 Å². The Morgan fingerprint density at radius 2 is 1.94 bits per heavy atom. The summed E-state index contributed by atoms with van der Waals surface area (Å²) >= 11 is 0.906. The largest absolute Gasteiger partial charge is 1.00 e. The van der Waals surface area contributed by atoms with Crippen LogP contribution in [0.2, 0.25) is 0 Å². The molecule has 0 bridgehead atoms. The van der Waals surface area contributed by atoms with Gasteiger partial charge in [0, 0.05) is 17.6 Å². The van der Waals surface area contributed by atoms with Crippen molar-refractivity contribution in [1.29, 1.82) is 0 Å². The molecule has 6 N–H and O–H groups in total. The van der Waals surface area contributed by atoms with Gasteiger partial charge in [0.2, 0.25) is 5.43 Å². The number of aliphatic carboxylic acids is 1. The number of carbonyl (C=O) groups excluding carboxylic acids is 3. The Hall–Kier alpha value is -3.62. The zero-order valence-electron chi connectivity index (χ0n) is 26.3. The summed E-state index contributed by atoms with van der Waals surface area (Å²) in [5, 5.41) is 53.9. The number of carbonyl (C=O) groups is 3. The number of oxime groups is 1. The molecule has 26 heteroatoms. The maximum absolute atomic E-state index is 13.0. The molecule has 0 aromatic carbocycles. The maximum Gasteiger partial charge on any atom is 1.00 e. The van der Waals surface area contributed by atoms with Crippen LogP contribution in [0.15, 0.2) is 36.8 Å². The molecule has 2 amide bonds. The van der Waals surface area contributed by atoms with E-state index in [2.05, 4.69) is 29.9 Å². The minimum atomic E-state index is -5.28. The number of carboxylic acids is 1. The number of aromatic hydroxyl groups is 1. The fraction of sp³-hybridized carbons (Fsp3) is 0.348. The minimum Gasteiger partial charge on any atom is -0.845 e. The molecular formula is C23H24N10Na2O12S2. The van der Waals surface area contributed by atoms with E-state index < -0.39 is 93.3 Å². The van der Waals surface area contributed by atoms with Gasteiger partial charge in [-0.05, 0) is 20.8 Å². The number of H-pyrrole nitrogens is 1. The molecule has 3 aromatic heterocycles. The minimum absolute atomic E-state index is 0. The summed E-state index contributed by atoms with van der Waals surface area (Å²) in [6.07, 6.45) is -0.366. The van der Waals surface area contributed by atoms with Crippen LogP contribution in [0.1, 0.15) is 26.5 Å². The van der Waals surface area contributed by atoms with Gasteiger partial charge in [0.15, 0.2) is 28.0 Å². The second-order valence-electron chi connectivity index (χ2n) is 10.2. The molecule has 0 spiro atoms. The van der Waals surface area contributed by atoms with Gasteiger partial charge in [-0.2, -0.15) is 8.42 Å². The molecule has 49 heavy (non-hydrogen) atoms. The molecule has 1 fully saturated rings. The Morgan fingerprint density at radius 1 is 1.29 bits per heavy atom. The summed E-state index contributed by atoms with van der Waals surface area (Å²) < 4.78 is 29.3. The molecule has 1 aliphatic rings. The Balaban J connectivity index is 0.00000417. The number of thiazole rings is 1. The zero-order chi connectivity index (χ0) is 35.0. The summed E-state index contributed by atoms with van der Waals surface area (Å²) in [5.74, 6) is -5.05. The smallest absolute Gasteiger partial charge is 0.845 e. The first-order valence-corrected chi connectivity index (χ1v) is 15.2. The van der Waals surface area contributed by atoms with Gasteiger partial charge in [-0.25, -0.2) is 9.78 Å². The first kappa shape index (κ1) is 41.6. The van der Waals surface area contributed by atoms with Gasteiger partial charge in [-0.15, -0.1) is 20.8 Å². The van der Waals surface area contributed by atoms with Crippen molar-refractivity contribution >= 4 is 56.2 Å². The molecule has 1 saturated heterocycles. The zero-order valence-corrected chi connectivity index (χ0v) is 31.9. The van der Waals surface area contributed by atoms with E-state index in [1.54, 1.807) is 0 Å². The number of nitrogen functional groups attached to an aromatic ring is 1. The number of nitrogens with zero attached hydrogens (tertiary/aromatic N) is 7. The van der Waals surface area contributed by atoms with Crippen molar-refractivity contribution in [2.24, 2.45) is 9.55 Å². The molecule has 2 atom stereocenters. The molecule has 0 saturated carbocycles. The third-order valence-corrected chi connectivity index (χ3v) is 7.87. The van der Waals surface area contributed by atoms with Gasteiger partial charge in [-0.1, -0.05) is 9.24 Å². The Kier molecular flexibility index (Phi) is 13.5. The van der Waals surface area contributed by atoms with E-state index in [0.717, 1.165) is 37.4 Å². The fourth-order valence-corrected chi connectivity index (χ4v) is 5.06. The second kappa shape index (κ2) is 15.9. The number of hydrogen-bond donors (Lipinski definition) is 5. The van der Waals surface area contributed by atoms with Crippen molar-refractivity contribution in [2.45, 2.75) is 45.1 Å². The van der Waals surface area contributed by atoms with Gasteiger partial charge >= 0.3 is 75.0 Å². The molecule has 22 nitrogen and oxygen atoms in total. The topological polar surface area (TPSA) is 333 Å². The van der Waals surface area contributed by atoms with Crippen molar-refractivity contribution < 1.29 is 107 Å². The van der Waals surface area contributed by atoms with E-state index >= 15 is 0 Å². The number of rotatable bonds is 11. The van der Waals surface area contributed by atoms with Crippen LogP contribution in [0.5, 0.6) is 5.75 Å². The number of hydrogen-bond acceptors (Lipinski definition) is 17. The van der Waals surface area contributed by atoms with E-state index in [1.807, 2.05) is 0 Å². The van der Waals surface area contributed by atoms with Crippen LogP contribution >= 0.6 is 11.3 Å². The summed E-state index contributed by atoms with van der Waals surface area (Å²) in [7, 11) is -5.28. The molecule has 4 rings (SSSR count). The van der Waals surface area contributed by atoms with Gasteiger partial charge < -0.3 is 51.0 Å². The number of amidine groups is 1. The number of amides is 2.